The summed E-state index contributed by atoms with van der Waals surface area (Å²) in [4.78, 5) is 10.9. The van der Waals surface area contributed by atoms with Crippen molar-refractivity contribution in [3.63, 3.8) is 0 Å². The molecule has 3 heterocycles. The maximum atomic E-state index is 9.98. The van der Waals surface area contributed by atoms with Crippen molar-refractivity contribution >= 4 is 23.4 Å². The van der Waals surface area contributed by atoms with Crippen molar-refractivity contribution in [2.45, 2.75) is 24.5 Å². The molecule has 19 heavy (non-hydrogen) atoms. The number of imidazole rings is 1. The van der Waals surface area contributed by atoms with E-state index in [0.717, 1.165) is 0 Å². The molecule has 1 aliphatic heterocycles. The largest absolute Gasteiger partial charge is 0.394 e. The van der Waals surface area contributed by atoms with E-state index in [9.17, 15) is 10.2 Å². The summed E-state index contributed by atoms with van der Waals surface area (Å²) >= 11 is 5.12. The number of aromatic nitrogens is 4. The minimum atomic E-state index is -1.18. The Kier molecular flexibility index (Phi) is 3.07. The van der Waals surface area contributed by atoms with Crippen LogP contribution >= 0.6 is 12.2 Å². The van der Waals surface area contributed by atoms with E-state index in [4.69, 9.17) is 22.1 Å². The van der Waals surface area contributed by atoms with Crippen molar-refractivity contribution < 1.29 is 20.1 Å². The summed E-state index contributed by atoms with van der Waals surface area (Å²) in [6, 6.07) is 0. The van der Waals surface area contributed by atoms with Crippen molar-refractivity contribution in [3.8, 4) is 0 Å². The number of aromatic amines is 1. The van der Waals surface area contributed by atoms with Crippen LogP contribution in [0.15, 0.2) is 12.7 Å². The van der Waals surface area contributed by atoms with Crippen LogP contribution in [0.4, 0.5) is 0 Å². The summed E-state index contributed by atoms with van der Waals surface area (Å²) in [5.74, 6) is 0. The third kappa shape index (κ3) is 1.86. The van der Waals surface area contributed by atoms with E-state index in [2.05, 4.69) is 15.0 Å². The Bertz CT molecular complexity index is 656. The fourth-order valence-electron chi connectivity index (χ4n) is 2.19. The van der Waals surface area contributed by atoms with Crippen LogP contribution in [0, 0.1) is 4.64 Å². The molecule has 8 nitrogen and oxygen atoms in total. The molecule has 0 bridgehead atoms. The van der Waals surface area contributed by atoms with Gasteiger partial charge in [0.1, 0.15) is 23.8 Å². The molecule has 0 unspecified atom stereocenters. The van der Waals surface area contributed by atoms with Gasteiger partial charge in [0.25, 0.3) is 0 Å². The number of rotatable bonds is 2. The summed E-state index contributed by atoms with van der Waals surface area (Å²) in [7, 11) is 0. The van der Waals surface area contributed by atoms with Crippen molar-refractivity contribution in [1.29, 1.82) is 0 Å². The lowest BCUT2D eigenvalue weighted by molar-refractivity contribution is -0.0509. The van der Waals surface area contributed by atoms with Gasteiger partial charge in [-0.05, 0) is 0 Å². The SMILES string of the molecule is OC[C@@H]1O[C@@H](n2cnc3[nH]cnc(=S)c32)[C@@H](O)[C@@H]1O. The number of aliphatic hydroxyl groups excluding tert-OH is 3. The summed E-state index contributed by atoms with van der Waals surface area (Å²) in [5, 5.41) is 28.8. The number of nitrogens with one attached hydrogen (secondary N) is 1. The van der Waals surface area contributed by atoms with Gasteiger partial charge in [-0.3, -0.25) is 4.57 Å². The summed E-state index contributed by atoms with van der Waals surface area (Å²) in [5.41, 5.74) is 1.02. The second kappa shape index (κ2) is 4.62. The number of ether oxygens (including phenoxy) is 1. The van der Waals surface area contributed by atoms with Crippen LogP contribution in [0.5, 0.6) is 0 Å². The molecule has 4 atom stereocenters. The first-order chi connectivity index (χ1) is 9.13. The summed E-state index contributed by atoms with van der Waals surface area (Å²) < 4.78 is 7.24. The van der Waals surface area contributed by atoms with Gasteiger partial charge in [0.05, 0.1) is 19.3 Å². The minimum absolute atomic E-state index is 0.309. The van der Waals surface area contributed by atoms with E-state index in [1.54, 1.807) is 0 Å². The normalized spacial score (nSPS) is 31.1. The van der Waals surface area contributed by atoms with Gasteiger partial charge in [-0.25, -0.2) is 9.97 Å². The average molecular weight is 284 g/mol. The molecular weight excluding hydrogens is 272 g/mol. The Morgan fingerprint density at radius 2 is 2.16 bits per heavy atom. The Morgan fingerprint density at radius 1 is 1.37 bits per heavy atom. The van der Waals surface area contributed by atoms with Gasteiger partial charge in [0.15, 0.2) is 16.5 Å². The van der Waals surface area contributed by atoms with Crippen molar-refractivity contribution in [3.05, 3.63) is 17.3 Å². The number of nitrogens with zero attached hydrogens (tertiary/aromatic N) is 3. The molecule has 1 saturated heterocycles. The molecule has 4 N–H and O–H groups in total. The second-order valence-corrected chi connectivity index (χ2v) is 4.67. The lowest BCUT2D eigenvalue weighted by Gasteiger charge is -2.16. The molecule has 0 spiro atoms. The number of hydrogen-bond acceptors (Lipinski definition) is 7. The number of fused-ring (bicyclic) bond motifs is 1. The van der Waals surface area contributed by atoms with Gasteiger partial charge in [0, 0.05) is 0 Å². The first kappa shape index (κ1) is 12.6. The highest BCUT2D eigenvalue weighted by molar-refractivity contribution is 7.71. The third-order valence-electron chi connectivity index (χ3n) is 3.17. The van der Waals surface area contributed by atoms with E-state index < -0.39 is 24.5 Å². The van der Waals surface area contributed by atoms with Crippen LogP contribution in [0.3, 0.4) is 0 Å². The van der Waals surface area contributed by atoms with Gasteiger partial charge in [-0.2, -0.15) is 0 Å². The van der Waals surface area contributed by atoms with E-state index in [1.165, 1.54) is 17.2 Å². The van der Waals surface area contributed by atoms with Crippen molar-refractivity contribution in [1.82, 2.24) is 19.5 Å². The second-order valence-electron chi connectivity index (χ2n) is 4.29. The van der Waals surface area contributed by atoms with E-state index in [0.29, 0.717) is 15.8 Å². The van der Waals surface area contributed by atoms with Crippen LogP contribution < -0.4 is 0 Å². The fraction of sp³-hybridized carbons (Fsp3) is 0.500. The predicted molar refractivity (Wildman–Crippen MR) is 65.7 cm³/mol. The lowest BCUT2D eigenvalue weighted by atomic mass is 10.1. The third-order valence-corrected chi connectivity index (χ3v) is 3.47. The summed E-state index contributed by atoms with van der Waals surface area (Å²) in [6.45, 7) is -0.382. The van der Waals surface area contributed by atoms with Crippen molar-refractivity contribution in [2.24, 2.45) is 0 Å². The highest BCUT2D eigenvalue weighted by atomic mass is 32.1. The monoisotopic (exact) mass is 284 g/mol. The summed E-state index contributed by atoms with van der Waals surface area (Å²) in [6.07, 6.45) is -1.17. The lowest BCUT2D eigenvalue weighted by Crippen LogP contribution is -2.33. The zero-order valence-electron chi connectivity index (χ0n) is 9.67. The van der Waals surface area contributed by atoms with E-state index >= 15 is 0 Å². The molecule has 3 rings (SSSR count). The smallest absolute Gasteiger partial charge is 0.164 e. The van der Waals surface area contributed by atoms with E-state index in [-0.39, 0.29) is 6.61 Å². The molecule has 2 aromatic rings. The zero-order valence-corrected chi connectivity index (χ0v) is 10.5. The first-order valence-electron chi connectivity index (χ1n) is 5.66. The van der Waals surface area contributed by atoms with Gasteiger partial charge in [0.2, 0.25) is 0 Å². The maximum absolute atomic E-state index is 9.98. The molecule has 0 aliphatic carbocycles. The van der Waals surface area contributed by atoms with E-state index in [1.807, 2.05) is 0 Å². The van der Waals surface area contributed by atoms with Crippen LogP contribution in [-0.4, -0.2) is 59.8 Å². The van der Waals surface area contributed by atoms with Gasteiger partial charge in [-0.15, -0.1) is 0 Å². The first-order valence-corrected chi connectivity index (χ1v) is 6.07. The molecule has 0 saturated carbocycles. The highest BCUT2D eigenvalue weighted by Gasteiger charge is 2.43. The van der Waals surface area contributed by atoms with Crippen LogP contribution in [0.25, 0.3) is 11.2 Å². The molecule has 2 aromatic heterocycles. The van der Waals surface area contributed by atoms with Crippen LogP contribution in [0.2, 0.25) is 0 Å². The Hall–Kier alpha value is -1.39. The molecule has 0 amide bonds. The van der Waals surface area contributed by atoms with Gasteiger partial charge in [-0.1, -0.05) is 12.2 Å². The Balaban J connectivity index is 2.08. The standard InChI is InChI=1S/C10H12N4O4S/c15-1-4-6(16)7(17)10(18-4)14-3-13-8-5(14)9(19)12-2-11-8/h2-4,6-7,10,15-17H,1H2,(H,11,12,19)/t4-,6+,7-,10+/m0/s1. The van der Waals surface area contributed by atoms with Crippen molar-refractivity contribution in [2.75, 3.05) is 6.61 Å². The number of H-pyrrole nitrogens is 1. The molecule has 102 valence electrons. The maximum Gasteiger partial charge on any atom is 0.164 e. The number of hydrogen-bond donors (Lipinski definition) is 4. The average Bonchev–Trinajstić information content (AvgIpc) is 2.94. The molecule has 0 radical (unpaired) electrons. The topological polar surface area (TPSA) is 116 Å². The molecule has 0 aromatic carbocycles. The van der Waals surface area contributed by atoms with Crippen LogP contribution in [-0.2, 0) is 4.74 Å². The Labute approximate surface area is 112 Å². The molecule has 1 aliphatic rings. The Morgan fingerprint density at radius 3 is 2.84 bits per heavy atom. The molecular formula is C10H12N4O4S. The minimum Gasteiger partial charge on any atom is -0.394 e. The van der Waals surface area contributed by atoms with Gasteiger partial charge >= 0.3 is 0 Å². The quantitative estimate of drug-likeness (QED) is 0.528. The van der Waals surface area contributed by atoms with Crippen LogP contribution in [0.1, 0.15) is 6.23 Å². The molecule has 1 fully saturated rings. The fourth-order valence-corrected chi connectivity index (χ4v) is 2.45. The number of aliphatic hydroxyl groups is 3. The molecule has 9 heteroatoms. The highest BCUT2D eigenvalue weighted by Crippen LogP contribution is 2.31. The van der Waals surface area contributed by atoms with Gasteiger partial charge < -0.3 is 25.0 Å². The predicted octanol–water partition coefficient (Wildman–Crippen LogP) is -0.900. The zero-order chi connectivity index (χ0) is 13.6.